The van der Waals surface area contributed by atoms with Crippen LogP contribution in [-0.4, -0.2) is 58.0 Å². The first-order valence-corrected chi connectivity index (χ1v) is 15.6. The first-order valence-electron chi connectivity index (χ1n) is 9.62. The summed E-state index contributed by atoms with van der Waals surface area (Å²) in [4.78, 5) is 11.6. The van der Waals surface area contributed by atoms with Crippen LogP contribution in [0.5, 0.6) is 0 Å². The maximum Gasteiger partial charge on any atom is 0.192 e. The normalized spacial score (nSPS) is 25.3. The fraction of sp³-hybridized carbons (Fsp3) is 0.842. The predicted octanol–water partition coefficient (Wildman–Crippen LogP) is 3.34. The molecule has 1 heterocycles. The second kappa shape index (κ2) is 9.13. The molecule has 0 aromatic heterocycles. The molecule has 150 valence electrons. The fourth-order valence-electron chi connectivity index (χ4n) is 3.15. The zero-order chi connectivity index (χ0) is 20.2. The number of aldehydes is 1. The van der Waals surface area contributed by atoms with Gasteiger partial charge in [-0.15, -0.1) is 5.54 Å². The van der Waals surface area contributed by atoms with Crippen LogP contribution in [0.4, 0.5) is 0 Å². The molecule has 0 aromatic rings. The van der Waals surface area contributed by atoms with E-state index in [-0.39, 0.29) is 0 Å². The summed E-state index contributed by atoms with van der Waals surface area (Å²) < 4.78 is 18.2. The van der Waals surface area contributed by atoms with E-state index in [0.717, 1.165) is 24.4 Å². The SMILES string of the molecule is CC[Si](CC)(CC)OC(C(O)C#C[Si](C)(C)C)C1OC(C)(C)OC1C=O. The molecule has 1 aliphatic heterocycles. The van der Waals surface area contributed by atoms with Crippen LogP contribution < -0.4 is 0 Å². The minimum absolute atomic E-state index is 0.662. The first kappa shape index (κ1) is 23.5. The highest BCUT2D eigenvalue weighted by molar-refractivity contribution is 6.83. The summed E-state index contributed by atoms with van der Waals surface area (Å²) in [5, 5.41) is 10.9. The molecule has 1 fully saturated rings. The topological polar surface area (TPSA) is 65.0 Å². The van der Waals surface area contributed by atoms with Gasteiger partial charge in [0.2, 0.25) is 0 Å². The molecule has 0 aliphatic carbocycles. The van der Waals surface area contributed by atoms with E-state index < -0.39 is 46.6 Å². The summed E-state index contributed by atoms with van der Waals surface area (Å²) >= 11 is 0. The van der Waals surface area contributed by atoms with Crippen LogP contribution in [0.2, 0.25) is 37.8 Å². The van der Waals surface area contributed by atoms with Crippen LogP contribution in [0.25, 0.3) is 0 Å². The van der Waals surface area contributed by atoms with Gasteiger partial charge in [-0.3, -0.25) is 0 Å². The van der Waals surface area contributed by atoms with E-state index in [1.165, 1.54) is 0 Å². The molecule has 0 aromatic carbocycles. The number of ether oxygens (including phenoxy) is 2. The molecule has 1 saturated heterocycles. The molecule has 0 radical (unpaired) electrons. The fourth-order valence-corrected chi connectivity index (χ4v) is 6.57. The quantitative estimate of drug-likeness (QED) is 0.385. The third-order valence-electron chi connectivity index (χ3n) is 4.85. The average molecular weight is 401 g/mol. The molecule has 0 spiro atoms. The van der Waals surface area contributed by atoms with Crippen molar-refractivity contribution in [2.24, 2.45) is 0 Å². The first-order chi connectivity index (χ1) is 11.9. The van der Waals surface area contributed by atoms with Crippen molar-refractivity contribution < 1.29 is 23.8 Å². The van der Waals surface area contributed by atoms with E-state index in [1.54, 1.807) is 13.8 Å². The lowest BCUT2D eigenvalue weighted by atomic mass is 10.0. The lowest BCUT2D eigenvalue weighted by Crippen LogP contribution is -2.52. The van der Waals surface area contributed by atoms with Crippen molar-refractivity contribution >= 4 is 22.7 Å². The highest BCUT2D eigenvalue weighted by atomic mass is 28.4. The minimum Gasteiger partial charge on any atom is -0.407 e. The van der Waals surface area contributed by atoms with Gasteiger partial charge in [-0.2, -0.15) is 0 Å². The molecule has 7 heteroatoms. The number of hydrogen-bond donors (Lipinski definition) is 1. The zero-order valence-electron chi connectivity index (χ0n) is 17.6. The van der Waals surface area contributed by atoms with Gasteiger partial charge in [0.1, 0.15) is 32.5 Å². The monoisotopic (exact) mass is 400 g/mol. The molecule has 4 unspecified atom stereocenters. The van der Waals surface area contributed by atoms with Gasteiger partial charge >= 0.3 is 0 Å². The number of carbonyl (C=O) groups excluding carboxylic acids is 1. The summed E-state index contributed by atoms with van der Waals surface area (Å²) in [6, 6.07) is 2.81. The Balaban J connectivity index is 3.24. The molecule has 5 nitrogen and oxygen atoms in total. The van der Waals surface area contributed by atoms with E-state index in [1.807, 2.05) is 0 Å². The van der Waals surface area contributed by atoms with Crippen LogP contribution in [0.1, 0.15) is 34.6 Å². The Morgan fingerprint density at radius 1 is 1.15 bits per heavy atom. The molecule has 4 atom stereocenters. The molecular formula is C19H36O5Si2. The summed E-state index contributed by atoms with van der Waals surface area (Å²) in [7, 11) is -3.69. The van der Waals surface area contributed by atoms with Gasteiger partial charge in [-0.25, -0.2) is 0 Å². The standard InChI is InChI=1S/C19H36O5Si2/c1-9-26(10-2,11-3)24-17(15(21)12-13-25(6,7)8)18-16(14-20)22-19(4,5)23-18/h14-18,21H,9-11H2,1-8H3. The van der Waals surface area contributed by atoms with Crippen LogP contribution >= 0.6 is 0 Å². The number of carbonyl (C=O) groups is 1. The Kier molecular flexibility index (Phi) is 8.27. The smallest absolute Gasteiger partial charge is 0.192 e. The van der Waals surface area contributed by atoms with E-state index in [2.05, 4.69) is 51.9 Å². The van der Waals surface area contributed by atoms with Crippen LogP contribution in [0.15, 0.2) is 0 Å². The lowest BCUT2D eigenvalue weighted by Gasteiger charge is -2.37. The van der Waals surface area contributed by atoms with E-state index in [4.69, 9.17) is 13.9 Å². The molecule has 0 amide bonds. The van der Waals surface area contributed by atoms with Crippen molar-refractivity contribution in [1.82, 2.24) is 0 Å². The maximum atomic E-state index is 11.6. The summed E-state index contributed by atoms with van der Waals surface area (Å²) in [6.07, 6.45) is -2.40. The summed E-state index contributed by atoms with van der Waals surface area (Å²) in [6.45, 7) is 16.3. The van der Waals surface area contributed by atoms with Crippen LogP contribution in [-0.2, 0) is 18.7 Å². The number of aliphatic hydroxyl groups excluding tert-OH is 1. The van der Waals surface area contributed by atoms with E-state index in [0.29, 0.717) is 0 Å². The molecule has 1 rings (SSSR count). The van der Waals surface area contributed by atoms with Gasteiger partial charge in [0, 0.05) is 0 Å². The van der Waals surface area contributed by atoms with Gasteiger partial charge in [0.05, 0.1) is 0 Å². The second-order valence-electron chi connectivity index (χ2n) is 8.49. The predicted molar refractivity (Wildman–Crippen MR) is 109 cm³/mol. The summed E-state index contributed by atoms with van der Waals surface area (Å²) in [5.41, 5.74) is 3.21. The van der Waals surface area contributed by atoms with Crippen molar-refractivity contribution in [3.05, 3.63) is 0 Å². The van der Waals surface area contributed by atoms with Gasteiger partial charge in [-0.1, -0.05) is 46.3 Å². The molecule has 0 saturated carbocycles. The van der Waals surface area contributed by atoms with Gasteiger partial charge < -0.3 is 23.8 Å². The van der Waals surface area contributed by atoms with Crippen molar-refractivity contribution in [2.75, 3.05) is 0 Å². The number of hydrogen-bond acceptors (Lipinski definition) is 5. The molecule has 1 aliphatic rings. The van der Waals surface area contributed by atoms with Gasteiger partial charge in [0.25, 0.3) is 0 Å². The van der Waals surface area contributed by atoms with Crippen molar-refractivity contribution in [2.45, 2.75) is 103 Å². The molecule has 0 bridgehead atoms. The van der Waals surface area contributed by atoms with E-state index >= 15 is 0 Å². The Morgan fingerprint density at radius 3 is 2.12 bits per heavy atom. The zero-order valence-corrected chi connectivity index (χ0v) is 19.6. The molecule has 1 N–H and O–H groups in total. The molecule has 26 heavy (non-hydrogen) atoms. The van der Waals surface area contributed by atoms with Crippen molar-refractivity contribution in [3.63, 3.8) is 0 Å². The largest absolute Gasteiger partial charge is 0.407 e. The third kappa shape index (κ3) is 6.29. The van der Waals surface area contributed by atoms with Gasteiger partial charge in [0.15, 0.2) is 20.4 Å². The highest BCUT2D eigenvalue weighted by Gasteiger charge is 2.49. The second-order valence-corrected chi connectivity index (χ2v) is 18.0. The highest BCUT2D eigenvalue weighted by Crippen LogP contribution is 2.34. The lowest BCUT2D eigenvalue weighted by molar-refractivity contribution is -0.159. The minimum atomic E-state index is -2.04. The number of aliphatic hydroxyl groups is 1. The Hall–Kier alpha value is -0.496. The average Bonchev–Trinajstić information content (AvgIpc) is 2.88. The van der Waals surface area contributed by atoms with Crippen LogP contribution in [0.3, 0.4) is 0 Å². The third-order valence-corrected chi connectivity index (χ3v) is 10.4. The van der Waals surface area contributed by atoms with E-state index in [9.17, 15) is 9.90 Å². The molecular weight excluding hydrogens is 364 g/mol. The van der Waals surface area contributed by atoms with Crippen molar-refractivity contribution in [3.8, 4) is 11.5 Å². The Morgan fingerprint density at radius 2 is 1.69 bits per heavy atom. The van der Waals surface area contributed by atoms with Crippen LogP contribution in [0, 0.1) is 11.5 Å². The maximum absolute atomic E-state index is 11.6. The summed E-state index contributed by atoms with van der Waals surface area (Å²) in [5.74, 6) is 2.09. The van der Waals surface area contributed by atoms with Gasteiger partial charge in [-0.05, 0) is 32.0 Å². The van der Waals surface area contributed by atoms with Crippen molar-refractivity contribution in [1.29, 1.82) is 0 Å². The number of rotatable bonds is 8. The Labute approximate surface area is 160 Å². The Bertz CT molecular complexity index is 520.